The van der Waals surface area contributed by atoms with Crippen LogP contribution in [0.4, 0.5) is 11.6 Å². The van der Waals surface area contributed by atoms with E-state index in [1.165, 1.54) is 25.7 Å². The molecule has 0 radical (unpaired) electrons. The Bertz CT molecular complexity index is 399. The van der Waals surface area contributed by atoms with Crippen LogP contribution in [-0.2, 0) is 6.42 Å². The lowest BCUT2D eigenvalue weighted by Gasteiger charge is -2.34. The fraction of sp³-hybridized carbons (Fsp3) is 0.714. The molecule has 5 heteroatoms. The number of piperidine rings is 1. The summed E-state index contributed by atoms with van der Waals surface area (Å²) in [5, 5.41) is 0. The third-order valence-corrected chi connectivity index (χ3v) is 4.02. The van der Waals surface area contributed by atoms with Gasteiger partial charge >= 0.3 is 0 Å². The van der Waals surface area contributed by atoms with Gasteiger partial charge in [-0.15, -0.1) is 0 Å². The Morgan fingerprint density at radius 1 is 1.32 bits per heavy atom. The lowest BCUT2D eigenvalue weighted by atomic mass is 9.92. The van der Waals surface area contributed by atoms with E-state index in [-0.39, 0.29) is 0 Å². The smallest absolute Gasteiger partial charge is 0.148 e. The highest BCUT2D eigenvalue weighted by atomic mass is 15.3. The predicted octanol–water partition coefficient (Wildman–Crippen LogP) is 2.34. The first-order valence-corrected chi connectivity index (χ1v) is 7.35. The Balaban J connectivity index is 2.11. The van der Waals surface area contributed by atoms with Crippen molar-refractivity contribution in [2.45, 2.75) is 46.0 Å². The van der Waals surface area contributed by atoms with Crippen LogP contribution in [0.5, 0.6) is 0 Å². The molecule has 2 rings (SSSR count). The fourth-order valence-electron chi connectivity index (χ4n) is 2.97. The summed E-state index contributed by atoms with van der Waals surface area (Å²) < 4.78 is 0. The summed E-state index contributed by atoms with van der Waals surface area (Å²) in [4.78, 5) is 11.0. The molecule has 0 aromatic carbocycles. The van der Waals surface area contributed by atoms with Crippen LogP contribution in [0.1, 0.15) is 45.1 Å². The van der Waals surface area contributed by atoms with Crippen LogP contribution in [0.15, 0.2) is 6.33 Å². The molecule has 0 bridgehead atoms. The maximum Gasteiger partial charge on any atom is 0.148 e. The normalized spacial score (nSPS) is 16.7. The number of nitrogen functional groups attached to an aromatic ring is 1. The van der Waals surface area contributed by atoms with Gasteiger partial charge in [-0.25, -0.2) is 15.8 Å². The van der Waals surface area contributed by atoms with E-state index in [4.69, 9.17) is 5.84 Å². The summed E-state index contributed by atoms with van der Waals surface area (Å²) in [7, 11) is 0. The number of hydrogen-bond donors (Lipinski definition) is 2. The van der Waals surface area contributed by atoms with Crippen LogP contribution < -0.4 is 16.2 Å². The van der Waals surface area contributed by atoms with E-state index in [2.05, 4.69) is 34.1 Å². The molecule has 1 aromatic rings. The van der Waals surface area contributed by atoms with Crippen LogP contribution in [0.3, 0.4) is 0 Å². The minimum absolute atomic E-state index is 0.753. The highest BCUT2D eigenvalue weighted by Crippen LogP contribution is 2.29. The van der Waals surface area contributed by atoms with Crippen molar-refractivity contribution < 1.29 is 0 Å². The highest BCUT2D eigenvalue weighted by molar-refractivity contribution is 5.58. The van der Waals surface area contributed by atoms with Crippen molar-refractivity contribution in [3.63, 3.8) is 0 Å². The zero-order chi connectivity index (χ0) is 13.7. The quantitative estimate of drug-likeness (QED) is 0.630. The summed E-state index contributed by atoms with van der Waals surface area (Å²) in [5.74, 6) is 8.23. The van der Waals surface area contributed by atoms with E-state index in [0.717, 1.165) is 42.6 Å². The van der Waals surface area contributed by atoms with Gasteiger partial charge < -0.3 is 10.3 Å². The molecule has 106 valence electrons. The van der Waals surface area contributed by atoms with Crippen LogP contribution in [-0.4, -0.2) is 23.1 Å². The van der Waals surface area contributed by atoms with E-state index in [0.29, 0.717) is 0 Å². The number of anilines is 2. The number of rotatable bonds is 5. The van der Waals surface area contributed by atoms with Crippen LogP contribution in [0.2, 0.25) is 0 Å². The van der Waals surface area contributed by atoms with Crippen LogP contribution >= 0.6 is 0 Å². The molecular formula is C14H25N5. The van der Waals surface area contributed by atoms with E-state index in [9.17, 15) is 0 Å². The summed E-state index contributed by atoms with van der Waals surface area (Å²) in [6.07, 6.45) is 7.68. The second kappa shape index (κ2) is 6.70. The molecule has 5 nitrogen and oxygen atoms in total. The Kier molecular flexibility index (Phi) is 4.96. The Labute approximate surface area is 115 Å². The molecule has 0 aliphatic carbocycles. The van der Waals surface area contributed by atoms with Gasteiger partial charge in [0.1, 0.15) is 18.0 Å². The molecule has 0 saturated carbocycles. The van der Waals surface area contributed by atoms with Crippen LogP contribution in [0.25, 0.3) is 0 Å². The zero-order valence-corrected chi connectivity index (χ0v) is 12.0. The molecule has 0 spiro atoms. The molecular weight excluding hydrogens is 238 g/mol. The van der Waals surface area contributed by atoms with Gasteiger partial charge in [-0.1, -0.05) is 26.7 Å². The predicted molar refractivity (Wildman–Crippen MR) is 79.1 cm³/mol. The number of nitrogens with two attached hydrogens (primary N) is 1. The molecule has 1 saturated heterocycles. The van der Waals surface area contributed by atoms with Crippen molar-refractivity contribution in [3.05, 3.63) is 11.9 Å². The molecule has 0 unspecified atom stereocenters. The number of aromatic nitrogens is 2. The first-order valence-electron chi connectivity index (χ1n) is 7.35. The second-order valence-corrected chi connectivity index (χ2v) is 5.24. The van der Waals surface area contributed by atoms with Crippen molar-refractivity contribution in [3.8, 4) is 0 Å². The van der Waals surface area contributed by atoms with E-state index in [1.54, 1.807) is 6.33 Å². The SMILES string of the molecule is CCCC1CCN(c2ncnc(NN)c2CC)CC1. The third kappa shape index (κ3) is 3.15. The topological polar surface area (TPSA) is 67.1 Å². The lowest BCUT2D eigenvalue weighted by Crippen LogP contribution is -2.35. The maximum atomic E-state index is 5.53. The van der Waals surface area contributed by atoms with Crippen molar-refractivity contribution in [1.82, 2.24) is 9.97 Å². The van der Waals surface area contributed by atoms with Crippen molar-refractivity contribution in [1.29, 1.82) is 0 Å². The molecule has 1 aromatic heterocycles. The summed E-state index contributed by atoms with van der Waals surface area (Å²) >= 11 is 0. The van der Waals surface area contributed by atoms with E-state index in [1.807, 2.05) is 0 Å². The van der Waals surface area contributed by atoms with Gasteiger partial charge in [0.15, 0.2) is 0 Å². The van der Waals surface area contributed by atoms with Gasteiger partial charge in [-0.3, -0.25) is 0 Å². The summed E-state index contributed by atoms with van der Waals surface area (Å²) in [6, 6.07) is 0. The minimum atomic E-state index is 0.753. The molecule has 2 heterocycles. The number of nitrogens with zero attached hydrogens (tertiary/aromatic N) is 3. The summed E-state index contributed by atoms with van der Waals surface area (Å²) in [6.45, 7) is 6.58. The Morgan fingerprint density at radius 2 is 2.05 bits per heavy atom. The Hall–Kier alpha value is -1.36. The molecule has 1 aliphatic rings. The average molecular weight is 263 g/mol. The molecule has 0 amide bonds. The van der Waals surface area contributed by atoms with Crippen LogP contribution in [0, 0.1) is 5.92 Å². The van der Waals surface area contributed by atoms with Crippen molar-refractivity contribution >= 4 is 11.6 Å². The van der Waals surface area contributed by atoms with Crippen molar-refractivity contribution in [2.75, 3.05) is 23.4 Å². The number of hydrogen-bond acceptors (Lipinski definition) is 5. The summed E-state index contributed by atoms with van der Waals surface area (Å²) in [5.41, 5.74) is 3.80. The second-order valence-electron chi connectivity index (χ2n) is 5.24. The third-order valence-electron chi connectivity index (χ3n) is 4.02. The Morgan fingerprint density at radius 3 is 2.63 bits per heavy atom. The minimum Gasteiger partial charge on any atom is -0.356 e. The first-order chi connectivity index (χ1) is 9.30. The van der Waals surface area contributed by atoms with Gasteiger partial charge in [-0.2, -0.15) is 0 Å². The first kappa shape index (κ1) is 14.1. The zero-order valence-electron chi connectivity index (χ0n) is 12.0. The van der Waals surface area contributed by atoms with E-state index >= 15 is 0 Å². The fourth-order valence-corrected chi connectivity index (χ4v) is 2.97. The maximum absolute atomic E-state index is 5.53. The van der Waals surface area contributed by atoms with Gasteiger partial charge in [0, 0.05) is 18.7 Å². The number of hydrazine groups is 1. The average Bonchev–Trinajstić information content (AvgIpc) is 2.47. The molecule has 1 aliphatic heterocycles. The molecule has 0 atom stereocenters. The number of nitrogens with one attached hydrogen (secondary N) is 1. The monoisotopic (exact) mass is 263 g/mol. The van der Waals surface area contributed by atoms with Crippen molar-refractivity contribution in [2.24, 2.45) is 11.8 Å². The highest BCUT2D eigenvalue weighted by Gasteiger charge is 2.22. The van der Waals surface area contributed by atoms with Gasteiger partial charge in [0.05, 0.1) is 0 Å². The molecule has 19 heavy (non-hydrogen) atoms. The van der Waals surface area contributed by atoms with Gasteiger partial charge in [0.25, 0.3) is 0 Å². The van der Waals surface area contributed by atoms with Gasteiger partial charge in [-0.05, 0) is 25.2 Å². The van der Waals surface area contributed by atoms with E-state index < -0.39 is 0 Å². The van der Waals surface area contributed by atoms with Gasteiger partial charge in [0.2, 0.25) is 0 Å². The molecule has 3 N–H and O–H groups in total. The molecule has 1 fully saturated rings. The lowest BCUT2D eigenvalue weighted by molar-refractivity contribution is 0.377. The largest absolute Gasteiger partial charge is 0.356 e. The standard InChI is InChI=1S/C14H25N5/c1-3-5-11-6-8-19(9-7-11)14-12(4-2)13(18-15)16-10-17-14/h10-11H,3-9,15H2,1-2H3,(H,16,17,18).